The summed E-state index contributed by atoms with van der Waals surface area (Å²) in [6, 6.07) is 11.9. The predicted octanol–water partition coefficient (Wildman–Crippen LogP) is 5.32. The van der Waals surface area contributed by atoms with E-state index < -0.39 is 11.8 Å². The molecule has 0 amide bonds. The number of nitrogens with two attached hydrogens (primary N) is 1. The number of nitrogens with zero attached hydrogens (tertiary/aromatic N) is 1. The van der Waals surface area contributed by atoms with E-state index in [-0.39, 0.29) is 17.9 Å². The SMILES string of the molecule is Cc1cc(C(=O)O)ccc1COc1c(C2CCC2)ccc(-c2ccc(N)nc2)c1F. The van der Waals surface area contributed by atoms with Crippen LogP contribution in [0.3, 0.4) is 0 Å². The number of carbonyl (C=O) groups is 1. The summed E-state index contributed by atoms with van der Waals surface area (Å²) >= 11 is 0. The molecule has 0 unspecified atom stereocenters. The molecule has 0 saturated heterocycles. The zero-order valence-electron chi connectivity index (χ0n) is 16.7. The van der Waals surface area contributed by atoms with Gasteiger partial charge in [0, 0.05) is 22.9 Å². The molecule has 1 aromatic heterocycles. The van der Waals surface area contributed by atoms with Gasteiger partial charge in [-0.3, -0.25) is 0 Å². The Balaban J connectivity index is 1.67. The Morgan fingerprint density at radius 3 is 2.63 bits per heavy atom. The Bertz CT molecular complexity index is 1090. The Morgan fingerprint density at radius 1 is 1.23 bits per heavy atom. The quantitative estimate of drug-likeness (QED) is 0.578. The number of pyridine rings is 1. The second-order valence-electron chi connectivity index (χ2n) is 7.68. The molecular weight excluding hydrogens is 383 g/mol. The van der Waals surface area contributed by atoms with Crippen LogP contribution in [0.15, 0.2) is 48.7 Å². The van der Waals surface area contributed by atoms with Crippen molar-refractivity contribution in [3.05, 3.63) is 76.7 Å². The summed E-state index contributed by atoms with van der Waals surface area (Å²) in [6.07, 6.45) is 4.72. The van der Waals surface area contributed by atoms with Crippen LogP contribution < -0.4 is 10.5 Å². The number of carboxylic acids is 1. The maximum Gasteiger partial charge on any atom is 0.335 e. The average Bonchev–Trinajstić information content (AvgIpc) is 2.68. The van der Waals surface area contributed by atoms with E-state index in [9.17, 15) is 4.79 Å². The van der Waals surface area contributed by atoms with E-state index in [0.717, 1.165) is 36.0 Å². The van der Waals surface area contributed by atoms with Crippen LogP contribution in [-0.4, -0.2) is 16.1 Å². The van der Waals surface area contributed by atoms with Gasteiger partial charge in [0.2, 0.25) is 0 Å². The lowest BCUT2D eigenvalue weighted by molar-refractivity contribution is 0.0696. The van der Waals surface area contributed by atoms with Gasteiger partial charge in [0.1, 0.15) is 12.4 Å². The molecule has 0 atom stereocenters. The maximum absolute atomic E-state index is 15.6. The lowest BCUT2D eigenvalue weighted by Gasteiger charge is -2.28. The topological polar surface area (TPSA) is 85.4 Å². The molecule has 3 aromatic rings. The molecule has 1 aliphatic rings. The van der Waals surface area contributed by atoms with Gasteiger partial charge in [-0.05, 0) is 61.1 Å². The van der Waals surface area contributed by atoms with Gasteiger partial charge >= 0.3 is 5.97 Å². The summed E-state index contributed by atoms with van der Waals surface area (Å²) in [5, 5.41) is 9.14. The highest BCUT2D eigenvalue weighted by Gasteiger charge is 2.26. The molecule has 0 spiro atoms. The van der Waals surface area contributed by atoms with Gasteiger partial charge in [-0.15, -0.1) is 0 Å². The molecule has 1 saturated carbocycles. The standard InChI is InChI=1S/C24H23FN2O3/c1-14-11-16(24(28)29)5-6-18(14)13-30-23-20(15-3-2-4-15)9-8-19(22(23)25)17-7-10-21(26)27-12-17/h5-12,15H,2-4,13H2,1H3,(H2,26,27)(H,28,29). The van der Waals surface area contributed by atoms with Gasteiger partial charge in [0.15, 0.2) is 11.6 Å². The van der Waals surface area contributed by atoms with E-state index in [1.54, 1.807) is 36.5 Å². The Hall–Kier alpha value is -3.41. The summed E-state index contributed by atoms with van der Waals surface area (Å²) < 4.78 is 21.6. The normalized spacial score (nSPS) is 13.7. The van der Waals surface area contributed by atoms with Crippen LogP contribution in [0.5, 0.6) is 5.75 Å². The zero-order chi connectivity index (χ0) is 21.3. The molecule has 4 rings (SSSR count). The first kappa shape index (κ1) is 19.9. The lowest BCUT2D eigenvalue weighted by Crippen LogP contribution is -2.12. The zero-order valence-corrected chi connectivity index (χ0v) is 16.7. The number of hydrogen-bond donors (Lipinski definition) is 2. The summed E-state index contributed by atoms with van der Waals surface area (Å²) in [5.41, 5.74) is 9.41. The summed E-state index contributed by atoms with van der Waals surface area (Å²) in [6.45, 7) is 1.98. The van der Waals surface area contributed by atoms with Crippen molar-refractivity contribution in [1.82, 2.24) is 4.98 Å². The van der Waals surface area contributed by atoms with Crippen molar-refractivity contribution in [2.75, 3.05) is 5.73 Å². The fourth-order valence-electron chi connectivity index (χ4n) is 3.69. The smallest absolute Gasteiger partial charge is 0.335 e. The van der Waals surface area contributed by atoms with E-state index in [0.29, 0.717) is 22.9 Å². The van der Waals surface area contributed by atoms with Crippen molar-refractivity contribution in [2.24, 2.45) is 0 Å². The average molecular weight is 406 g/mol. The van der Waals surface area contributed by atoms with Crippen molar-refractivity contribution < 1.29 is 19.0 Å². The number of carboxylic acid groups (broad SMARTS) is 1. The monoisotopic (exact) mass is 406 g/mol. The number of aromatic carboxylic acids is 1. The number of halogens is 1. The molecule has 3 N–H and O–H groups in total. The molecule has 0 radical (unpaired) electrons. The molecule has 0 bridgehead atoms. The molecule has 2 aromatic carbocycles. The van der Waals surface area contributed by atoms with E-state index in [1.807, 2.05) is 13.0 Å². The maximum atomic E-state index is 15.6. The van der Waals surface area contributed by atoms with Crippen LogP contribution in [0.25, 0.3) is 11.1 Å². The van der Waals surface area contributed by atoms with Crippen LogP contribution >= 0.6 is 0 Å². The third-order valence-electron chi connectivity index (χ3n) is 5.73. The number of anilines is 1. The lowest BCUT2D eigenvalue weighted by atomic mass is 9.79. The van der Waals surface area contributed by atoms with Crippen LogP contribution in [-0.2, 0) is 6.61 Å². The number of aryl methyl sites for hydroxylation is 1. The van der Waals surface area contributed by atoms with Gasteiger partial charge in [0.05, 0.1) is 5.56 Å². The van der Waals surface area contributed by atoms with Crippen LogP contribution in [0.1, 0.15) is 52.2 Å². The van der Waals surface area contributed by atoms with Crippen molar-refractivity contribution in [2.45, 2.75) is 38.7 Å². The Labute approximate surface area is 174 Å². The largest absolute Gasteiger partial charge is 0.485 e. The van der Waals surface area contributed by atoms with Crippen molar-refractivity contribution in [1.29, 1.82) is 0 Å². The second kappa shape index (κ2) is 8.14. The highest BCUT2D eigenvalue weighted by Crippen LogP contribution is 2.44. The van der Waals surface area contributed by atoms with Crippen LogP contribution in [0, 0.1) is 12.7 Å². The third kappa shape index (κ3) is 3.85. The Kier molecular flexibility index (Phi) is 5.40. The molecular formula is C24H23FN2O3. The highest BCUT2D eigenvalue weighted by atomic mass is 19.1. The van der Waals surface area contributed by atoms with E-state index in [2.05, 4.69) is 4.98 Å². The summed E-state index contributed by atoms with van der Waals surface area (Å²) in [4.78, 5) is 15.2. The molecule has 6 heteroatoms. The number of rotatable bonds is 6. The minimum Gasteiger partial charge on any atom is -0.485 e. The molecule has 30 heavy (non-hydrogen) atoms. The highest BCUT2D eigenvalue weighted by molar-refractivity contribution is 5.87. The molecule has 1 heterocycles. The second-order valence-corrected chi connectivity index (χ2v) is 7.68. The Morgan fingerprint density at radius 2 is 2.03 bits per heavy atom. The van der Waals surface area contributed by atoms with E-state index in [1.165, 1.54) is 6.07 Å². The summed E-state index contributed by atoms with van der Waals surface area (Å²) in [5.74, 6) is -0.458. The van der Waals surface area contributed by atoms with E-state index >= 15 is 4.39 Å². The number of nitrogen functional groups attached to an aromatic ring is 1. The minimum absolute atomic E-state index is 0.159. The number of aromatic nitrogens is 1. The first-order valence-corrected chi connectivity index (χ1v) is 9.94. The molecule has 5 nitrogen and oxygen atoms in total. The fourth-order valence-corrected chi connectivity index (χ4v) is 3.69. The fraction of sp³-hybridized carbons (Fsp3) is 0.250. The predicted molar refractivity (Wildman–Crippen MR) is 113 cm³/mol. The number of ether oxygens (including phenoxy) is 1. The van der Waals surface area contributed by atoms with Crippen molar-refractivity contribution in [3.8, 4) is 16.9 Å². The van der Waals surface area contributed by atoms with Gasteiger partial charge in [0.25, 0.3) is 0 Å². The van der Waals surface area contributed by atoms with Gasteiger partial charge in [-0.1, -0.05) is 24.6 Å². The first-order valence-electron chi connectivity index (χ1n) is 9.94. The minimum atomic E-state index is -0.978. The molecule has 0 aliphatic heterocycles. The van der Waals surface area contributed by atoms with Crippen LogP contribution in [0.2, 0.25) is 0 Å². The van der Waals surface area contributed by atoms with E-state index in [4.69, 9.17) is 15.6 Å². The molecule has 1 aliphatic carbocycles. The number of benzene rings is 2. The van der Waals surface area contributed by atoms with Crippen molar-refractivity contribution >= 4 is 11.8 Å². The molecule has 1 fully saturated rings. The van der Waals surface area contributed by atoms with Gasteiger partial charge < -0.3 is 15.6 Å². The summed E-state index contributed by atoms with van der Waals surface area (Å²) in [7, 11) is 0. The molecule has 154 valence electrons. The van der Waals surface area contributed by atoms with Crippen molar-refractivity contribution in [3.63, 3.8) is 0 Å². The first-order chi connectivity index (χ1) is 14.4. The van der Waals surface area contributed by atoms with Gasteiger partial charge in [-0.2, -0.15) is 0 Å². The van der Waals surface area contributed by atoms with Gasteiger partial charge in [-0.25, -0.2) is 14.2 Å². The third-order valence-corrected chi connectivity index (χ3v) is 5.73. The number of hydrogen-bond acceptors (Lipinski definition) is 4. The van der Waals surface area contributed by atoms with Crippen LogP contribution in [0.4, 0.5) is 10.2 Å².